The van der Waals surface area contributed by atoms with Crippen molar-refractivity contribution in [3.63, 3.8) is 0 Å². The molecule has 30 heavy (non-hydrogen) atoms. The number of ether oxygens (including phenoxy) is 1. The van der Waals surface area contributed by atoms with Crippen LogP contribution in [0, 0.1) is 0 Å². The van der Waals surface area contributed by atoms with Crippen LogP contribution >= 0.6 is 23.2 Å². The Morgan fingerprint density at radius 1 is 1.20 bits per heavy atom. The molecule has 2 unspecified atom stereocenters. The molecule has 1 aliphatic heterocycles. The summed E-state index contributed by atoms with van der Waals surface area (Å²) in [5.41, 5.74) is 7.19. The molecule has 3 rings (SSSR count). The minimum absolute atomic E-state index is 0.111. The van der Waals surface area contributed by atoms with E-state index in [1.807, 2.05) is 19.1 Å². The summed E-state index contributed by atoms with van der Waals surface area (Å²) in [4.78, 5) is 36.7. The van der Waals surface area contributed by atoms with E-state index in [-0.39, 0.29) is 24.6 Å². The van der Waals surface area contributed by atoms with E-state index in [1.54, 1.807) is 35.2 Å². The van der Waals surface area contributed by atoms with Gasteiger partial charge in [-0.05, 0) is 48.7 Å². The number of hydrogen-bond acceptors (Lipinski definition) is 4. The van der Waals surface area contributed by atoms with Crippen molar-refractivity contribution in [1.29, 1.82) is 0 Å². The molecule has 0 saturated carbocycles. The number of cyclic esters (lactones) is 1. The summed E-state index contributed by atoms with van der Waals surface area (Å²) < 4.78 is 5.51. The number of nitrogens with two attached hydrogens (primary N) is 1. The molecular formula is C21H21Cl2N3O4. The number of nitrogens with zero attached hydrogens (tertiary/aromatic N) is 1. The maximum Gasteiger partial charge on any atom is 0.410 e. The molecule has 2 atom stereocenters. The number of halogens is 2. The predicted molar refractivity (Wildman–Crippen MR) is 114 cm³/mol. The maximum absolute atomic E-state index is 12.4. The molecule has 3 amide bonds. The summed E-state index contributed by atoms with van der Waals surface area (Å²) in [6.45, 7) is 2.13. The molecule has 1 saturated heterocycles. The minimum Gasteiger partial charge on any atom is -0.439 e. The summed E-state index contributed by atoms with van der Waals surface area (Å²) in [7, 11) is 0. The van der Waals surface area contributed by atoms with Gasteiger partial charge in [0.25, 0.3) is 5.91 Å². The van der Waals surface area contributed by atoms with Gasteiger partial charge < -0.3 is 20.7 Å². The molecule has 7 nitrogen and oxygen atoms in total. The van der Waals surface area contributed by atoms with E-state index in [0.717, 1.165) is 11.1 Å². The van der Waals surface area contributed by atoms with E-state index < -0.39 is 12.0 Å². The summed E-state index contributed by atoms with van der Waals surface area (Å²) in [5.74, 6) is -0.980. The van der Waals surface area contributed by atoms with Crippen LogP contribution in [0.15, 0.2) is 42.5 Å². The van der Waals surface area contributed by atoms with Crippen molar-refractivity contribution >= 4 is 41.1 Å². The van der Waals surface area contributed by atoms with Gasteiger partial charge in [-0.3, -0.25) is 9.59 Å². The number of carbonyl (C=O) groups excluding carboxylic acids is 3. The quantitative estimate of drug-likeness (QED) is 0.676. The van der Waals surface area contributed by atoms with Gasteiger partial charge in [0.1, 0.15) is 6.10 Å². The van der Waals surface area contributed by atoms with Crippen LogP contribution in [0.5, 0.6) is 0 Å². The van der Waals surface area contributed by atoms with Crippen LogP contribution in [0.1, 0.15) is 34.5 Å². The van der Waals surface area contributed by atoms with Crippen LogP contribution in [-0.4, -0.2) is 41.9 Å². The molecule has 2 aromatic rings. The van der Waals surface area contributed by atoms with Gasteiger partial charge in [0.2, 0.25) is 5.91 Å². The molecular weight excluding hydrogens is 429 g/mol. The second-order valence-electron chi connectivity index (χ2n) is 7.10. The molecule has 1 fully saturated rings. The fourth-order valence-corrected chi connectivity index (χ4v) is 3.55. The number of hydrogen-bond donors (Lipinski definition) is 2. The van der Waals surface area contributed by atoms with Gasteiger partial charge in [-0.1, -0.05) is 41.4 Å². The molecule has 158 valence electrons. The summed E-state index contributed by atoms with van der Waals surface area (Å²) in [6, 6.07) is 12.0. The van der Waals surface area contributed by atoms with E-state index >= 15 is 0 Å². The second-order valence-corrected chi connectivity index (χ2v) is 7.91. The lowest BCUT2D eigenvalue weighted by Crippen LogP contribution is -2.35. The molecule has 0 aliphatic carbocycles. The van der Waals surface area contributed by atoms with E-state index in [2.05, 4.69) is 5.32 Å². The number of rotatable bonds is 7. The Labute approximate surface area is 184 Å². The van der Waals surface area contributed by atoms with Gasteiger partial charge in [0, 0.05) is 11.6 Å². The topological polar surface area (TPSA) is 102 Å². The van der Waals surface area contributed by atoms with Gasteiger partial charge in [-0.25, -0.2) is 4.79 Å². The molecule has 9 heteroatoms. The lowest BCUT2D eigenvalue weighted by Gasteiger charge is -2.22. The predicted octanol–water partition coefficient (Wildman–Crippen LogP) is 3.33. The molecule has 0 spiro atoms. The Bertz CT molecular complexity index is 965. The van der Waals surface area contributed by atoms with Crippen LogP contribution < -0.4 is 11.1 Å². The molecule has 1 heterocycles. The zero-order valence-electron chi connectivity index (χ0n) is 16.2. The Balaban J connectivity index is 1.60. The van der Waals surface area contributed by atoms with Gasteiger partial charge in [0.05, 0.1) is 23.1 Å². The van der Waals surface area contributed by atoms with E-state index in [1.165, 1.54) is 0 Å². The highest BCUT2D eigenvalue weighted by Gasteiger charge is 2.35. The zero-order chi connectivity index (χ0) is 21.8. The third kappa shape index (κ3) is 5.23. The van der Waals surface area contributed by atoms with Crippen LogP contribution in [0.4, 0.5) is 4.79 Å². The molecule has 0 bridgehead atoms. The first-order chi connectivity index (χ1) is 14.2. The van der Waals surface area contributed by atoms with Crippen LogP contribution in [0.3, 0.4) is 0 Å². The third-order valence-corrected chi connectivity index (χ3v) is 5.60. The highest BCUT2D eigenvalue weighted by molar-refractivity contribution is 6.42. The SMILES string of the molecule is CC(Cc1ccc(C(=O)NCC(N)=O)cc1)N1CC(c2ccc(Cl)c(Cl)c2)OC1=O. The number of primary amides is 1. The Morgan fingerprint density at radius 3 is 2.53 bits per heavy atom. The molecule has 0 aromatic heterocycles. The van der Waals surface area contributed by atoms with E-state index in [4.69, 9.17) is 33.7 Å². The largest absolute Gasteiger partial charge is 0.439 e. The van der Waals surface area contributed by atoms with Crippen LogP contribution in [-0.2, 0) is 16.0 Å². The van der Waals surface area contributed by atoms with Gasteiger partial charge >= 0.3 is 6.09 Å². The average molecular weight is 450 g/mol. The normalized spacial score (nSPS) is 16.8. The van der Waals surface area contributed by atoms with Crippen molar-refractivity contribution in [2.24, 2.45) is 5.73 Å². The van der Waals surface area contributed by atoms with Crippen molar-refractivity contribution < 1.29 is 19.1 Å². The van der Waals surface area contributed by atoms with Crippen molar-refractivity contribution in [1.82, 2.24) is 10.2 Å². The number of carbonyl (C=O) groups is 3. The van der Waals surface area contributed by atoms with E-state index in [0.29, 0.717) is 28.6 Å². The molecule has 3 N–H and O–H groups in total. The first kappa shape index (κ1) is 21.9. The second kappa shape index (κ2) is 9.36. The highest BCUT2D eigenvalue weighted by atomic mass is 35.5. The summed E-state index contributed by atoms with van der Waals surface area (Å²) in [6.07, 6.45) is -0.209. The monoisotopic (exact) mass is 449 g/mol. The van der Waals surface area contributed by atoms with Crippen LogP contribution in [0.25, 0.3) is 0 Å². The molecule has 1 aliphatic rings. The Kier molecular flexibility index (Phi) is 6.84. The van der Waals surface area contributed by atoms with Crippen molar-refractivity contribution in [3.05, 3.63) is 69.2 Å². The fraction of sp³-hybridized carbons (Fsp3) is 0.286. The Morgan fingerprint density at radius 2 is 1.90 bits per heavy atom. The smallest absolute Gasteiger partial charge is 0.410 e. The zero-order valence-corrected chi connectivity index (χ0v) is 17.7. The fourth-order valence-electron chi connectivity index (χ4n) is 3.24. The van der Waals surface area contributed by atoms with Gasteiger partial charge in [-0.2, -0.15) is 0 Å². The lowest BCUT2D eigenvalue weighted by atomic mass is 10.0. The summed E-state index contributed by atoms with van der Waals surface area (Å²) in [5, 5.41) is 3.30. The summed E-state index contributed by atoms with van der Waals surface area (Å²) >= 11 is 12.0. The average Bonchev–Trinajstić information content (AvgIpc) is 3.10. The molecule has 2 aromatic carbocycles. The maximum atomic E-state index is 12.4. The van der Waals surface area contributed by atoms with Gasteiger partial charge in [-0.15, -0.1) is 0 Å². The number of benzene rings is 2. The first-order valence-electron chi connectivity index (χ1n) is 9.32. The van der Waals surface area contributed by atoms with Crippen molar-refractivity contribution in [2.75, 3.05) is 13.1 Å². The Hall–Kier alpha value is -2.77. The van der Waals surface area contributed by atoms with Crippen molar-refractivity contribution in [2.45, 2.75) is 25.5 Å². The highest BCUT2D eigenvalue weighted by Crippen LogP contribution is 2.32. The van der Waals surface area contributed by atoms with Crippen LogP contribution in [0.2, 0.25) is 10.0 Å². The number of amides is 3. The minimum atomic E-state index is -0.606. The third-order valence-electron chi connectivity index (χ3n) is 4.86. The molecule has 0 radical (unpaired) electrons. The van der Waals surface area contributed by atoms with Crippen molar-refractivity contribution in [3.8, 4) is 0 Å². The number of nitrogens with one attached hydrogen (secondary N) is 1. The van der Waals surface area contributed by atoms with Gasteiger partial charge in [0.15, 0.2) is 0 Å². The lowest BCUT2D eigenvalue weighted by molar-refractivity contribution is -0.117. The van der Waals surface area contributed by atoms with E-state index in [9.17, 15) is 14.4 Å². The standard InChI is InChI=1S/C21H21Cl2N3O4/c1-12(8-13-2-4-14(5-3-13)20(28)25-10-19(24)27)26-11-18(30-21(26)29)15-6-7-16(22)17(23)9-15/h2-7,9,12,18H,8,10-11H2,1H3,(H2,24,27)(H,25,28). The first-order valence-corrected chi connectivity index (χ1v) is 10.1.